The molecule has 27 heavy (non-hydrogen) atoms. The Morgan fingerprint density at radius 3 is 2.74 bits per heavy atom. The third kappa shape index (κ3) is 3.38. The monoisotopic (exact) mass is 366 g/mol. The Morgan fingerprint density at radius 2 is 2.04 bits per heavy atom. The van der Waals surface area contributed by atoms with E-state index in [0.717, 1.165) is 42.1 Å². The van der Waals surface area contributed by atoms with Gasteiger partial charge >= 0.3 is 5.97 Å². The Kier molecular flexibility index (Phi) is 4.53. The second-order valence-corrected chi connectivity index (χ2v) is 6.97. The van der Waals surface area contributed by atoms with Gasteiger partial charge in [-0.25, -0.2) is 9.78 Å². The molecule has 3 aromatic heterocycles. The van der Waals surface area contributed by atoms with Gasteiger partial charge < -0.3 is 14.5 Å². The molecule has 7 nitrogen and oxygen atoms in total. The van der Waals surface area contributed by atoms with Crippen molar-refractivity contribution in [2.75, 3.05) is 13.1 Å². The molecular formula is C20H22N4O3. The number of rotatable bonds is 5. The lowest BCUT2D eigenvalue weighted by atomic mass is 10.0. The van der Waals surface area contributed by atoms with Gasteiger partial charge in [0.1, 0.15) is 11.2 Å². The lowest BCUT2D eigenvalue weighted by Gasteiger charge is -2.11. The summed E-state index contributed by atoms with van der Waals surface area (Å²) < 4.78 is 1.96. The van der Waals surface area contributed by atoms with Crippen molar-refractivity contribution in [3.8, 4) is 11.3 Å². The molecule has 0 bridgehead atoms. The predicted octanol–water partition coefficient (Wildman–Crippen LogP) is 2.55. The highest BCUT2D eigenvalue weighted by Gasteiger charge is 2.16. The molecule has 0 unspecified atom stereocenters. The van der Waals surface area contributed by atoms with Crippen molar-refractivity contribution in [3.63, 3.8) is 0 Å². The van der Waals surface area contributed by atoms with E-state index in [1.165, 1.54) is 18.9 Å². The van der Waals surface area contributed by atoms with Crippen LogP contribution in [0.3, 0.4) is 0 Å². The highest BCUT2D eigenvalue weighted by atomic mass is 16.4. The van der Waals surface area contributed by atoms with Crippen LogP contribution in [-0.4, -0.2) is 43.4 Å². The van der Waals surface area contributed by atoms with Crippen LogP contribution in [0.2, 0.25) is 0 Å². The van der Waals surface area contributed by atoms with Gasteiger partial charge in [-0.2, -0.15) is 0 Å². The van der Waals surface area contributed by atoms with Gasteiger partial charge in [-0.05, 0) is 56.1 Å². The van der Waals surface area contributed by atoms with Crippen LogP contribution in [0.4, 0.5) is 0 Å². The fraction of sp³-hybridized carbons (Fsp3) is 0.350. The lowest BCUT2D eigenvalue weighted by molar-refractivity contribution is 0.0695. The van der Waals surface area contributed by atoms with Gasteiger partial charge in [0.2, 0.25) is 0 Å². The number of aromatic nitrogens is 3. The van der Waals surface area contributed by atoms with Crippen LogP contribution in [0.5, 0.6) is 0 Å². The Morgan fingerprint density at radius 1 is 1.26 bits per heavy atom. The first kappa shape index (κ1) is 17.5. The Labute approximate surface area is 156 Å². The SMILES string of the molecule is CCc1cc(C(=O)O)c(=O)[nH]c1-c1ccc2nc(CN3CCCC3)cn2c1. The number of nitrogens with zero attached hydrogens (tertiary/aromatic N) is 3. The van der Waals surface area contributed by atoms with Crippen LogP contribution in [-0.2, 0) is 13.0 Å². The topological polar surface area (TPSA) is 90.7 Å². The molecule has 4 heterocycles. The standard InChI is InChI=1S/C20H22N4O3/c1-2-13-9-16(20(26)27)19(25)22-18(13)14-5-6-17-21-15(12-24(17)10-14)11-23-7-3-4-8-23/h5-6,9-10,12H,2-4,7-8,11H2,1H3,(H,22,25)(H,26,27). The number of fused-ring (bicyclic) bond motifs is 1. The maximum absolute atomic E-state index is 12.1. The van der Waals surface area contributed by atoms with Crippen molar-refractivity contribution < 1.29 is 9.90 Å². The summed E-state index contributed by atoms with van der Waals surface area (Å²) in [6.45, 7) is 5.03. The maximum atomic E-state index is 12.1. The Hall–Kier alpha value is -2.93. The number of nitrogens with one attached hydrogen (secondary N) is 1. The van der Waals surface area contributed by atoms with Crippen LogP contribution < -0.4 is 5.56 Å². The first-order valence-corrected chi connectivity index (χ1v) is 9.25. The molecule has 7 heteroatoms. The van der Waals surface area contributed by atoms with Crippen LogP contribution in [0.25, 0.3) is 16.9 Å². The number of imidazole rings is 1. The number of carboxylic acid groups (broad SMARTS) is 1. The van der Waals surface area contributed by atoms with Crippen LogP contribution in [0.15, 0.2) is 35.4 Å². The fourth-order valence-corrected chi connectivity index (χ4v) is 3.71. The zero-order valence-electron chi connectivity index (χ0n) is 15.2. The number of aromatic amines is 1. The molecule has 0 atom stereocenters. The number of hydrogen-bond donors (Lipinski definition) is 2. The molecule has 0 aromatic carbocycles. The Balaban J connectivity index is 1.72. The fourth-order valence-electron chi connectivity index (χ4n) is 3.71. The van der Waals surface area contributed by atoms with Gasteiger partial charge in [0.05, 0.1) is 11.4 Å². The zero-order valence-corrected chi connectivity index (χ0v) is 15.2. The van der Waals surface area contributed by atoms with Crippen LogP contribution >= 0.6 is 0 Å². The van der Waals surface area contributed by atoms with Crippen molar-refractivity contribution in [1.29, 1.82) is 0 Å². The van der Waals surface area contributed by atoms with Crippen molar-refractivity contribution in [3.05, 3.63) is 57.8 Å². The summed E-state index contributed by atoms with van der Waals surface area (Å²) in [5.41, 5.74) is 3.35. The van der Waals surface area contributed by atoms with Gasteiger partial charge in [0.25, 0.3) is 5.56 Å². The zero-order chi connectivity index (χ0) is 19.0. The second kappa shape index (κ2) is 7.00. The van der Waals surface area contributed by atoms with E-state index in [4.69, 9.17) is 0 Å². The molecule has 1 aliphatic heterocycles. The first-order valence-electron chi connectivity index (χ1n) is 9.25. The lowest BCUT2D eigenvalue weighted by Crippen LogP contribution is -2.19. The van der Waals surface area contributed by atoms with Crippen molar-refractivity contribution in [2.24, 2.45) is 0 Å². The van der Waals surface area contributed by atoms with Crippen molar-refractivity contribution in [2.45, 2.75) is 32.7 Å². The molecule has 0 spiro atoms. The van der Waals surface area contributed by atoms with Gasteiger partial charge in [0.15, 0.2) is 0 Å². The molecule has 140 valence electrons. The van der Waals surface area contributed by atoms with E-state index in [-0.39, 0.29) is 5.56 Å². The van der Waals surface area contributed by atoms with Crippen LogP contribution in [0.1, 0.15) is 41.4 Å². The highest BCUT2D eigenvalue weighted by Crippen LogP contribution is 2.23. The third-order valence-corrected chi connectivity index (χ3v) is 5.11. The minimum atomic E-state index is -1.21. The van der Waals surface area contributed by atoms with Crippen molar-refractivity contribution >= 4 is 11.6 Å². The minimum absolute atomic E-state index is 0.229. The summed E-state index contributed by atoms with van der Waals surface area (Å²) >= 11 is 0. The van der Waals surface area contributed by atoms with Gasteiger partial charge in [-0.3, -0.25) is 9.69 Å². The first-order chi connectivity index (χ1) is 13.0. The maximum Gasteiger partial charge on any atom is 0.341 e. The summed E-state index contributed by atoms with van der Waals surface area (Å²) in [5.74, 6) is -1.21. The van der Waals surface area contributed by atoms with Crippen LogP contribution in [0, 0.1) is 0 Å². The molecular weight excluding hydrogens is 344 g/mol. The molecule has 1 aliphatic rings. The average molecular weight is 366 g/mol. The number of carbonyl (C=O) groups is 1. The summed E-state index contributed by atoms with van der Waals surface area (Å²) in [6, 6.07) is 5.30. The number of hydrogen-bond acceptors (Lipinski definition) is 4. The minimum Gasteiger partial charge on any atom is -0.477 e. The number of aromatic carboxylic acids is 1. The predicted molar refractivity (Wildman–Crippen MR) is 102 cm³/mol. The largest absolute Gasteiger partial charge is 0.477 e. The molecule has 0 radical (unpaired) electrons. The summed E-state index contributed by atoms with van der Waals surface area (Å²) in [5, 5.41) is 9.17. The van der Waals surface area contributed by atoms with E-state index in [2.05, 4.69) is 14.9 Å². The highest BCUT2D eigenvalue weighted by molar-refractivity contribution is 5.88. The summed E-state index contributed by atoms with van der Waals surface area (Å²) in [7, 11) is 0. The third-order valence-electron chi connectivity index (χ3n) is 5.11. The van der Waals surface area contributed by atoms with Gasteiger partial charge in [-0.1, -0.05) is 6.92 Å². The molecule has 0 saturated carbocycles. The molecule has 4 rings (SSSR count). The number of aryl methyl sites for hydroxylation is 1. The Bertz CT molecular complexity index is 1060. The number of carboxylic acids is 1. The molecule has 0 aliphatic carbocycles. The number of likely N-dealkylation sites (tertiary alicyclic amines) is 1. The molecule has 1 fully saturated rings. The number of pyridine rings is 2. The van der Waals surface area contributed by atoms with Gasteiger partial charge in [-0.15, -0.1) is 0 Å². The summed E-state index contributed by atoms with van der Waals surface area (Å²) in [6.07, 6.45) is 7.07. The van der Waals surface area contributed by atoms with E-state index < -0.39 is 11.5 Å². The molecule has 3 aromatic rings. The number of H-pyrrole nitrogens is 1. The average Bonchev–Trinajstić information content (AvgIpc) is 3.29. The molecule has 1 saturated heterocycles. The van der Waals surface area contributed by atoms with Gasteiger partial charge in [0, 0.05) is 24.5 Å². The molecule has 0 amide bonds. The normalized spacial score (nSPS) is 14.9. The smallest absolute Gasteiger partial charge is 0.341 e. The second-order valence-electron chi connectivity index (χ2n) is 6.97. The molecule has 2 N–H and O–H groups in total. The van der Waals surface area contributed by atoms with E-state index in [9.17, 15) is 14.7 Å². The quantitative estimate of drug-likeness (QED) is 0.724. The van der Waals surface area contributed by atoms with E-state index in [1.54, 1.807) is 0 Å². The summed E-state index contributed by atoms with van der Waals surface area (Å²) in [4.78, 5) is 33.2. The van der Waals surface area contributed by atoms with E-state index in [1.807, 2.05) is 35.9 Å². The van der Waals surface area contributed by atoms with Crippen molar-refractivity contribution in [1.82, 2.24) is 19.3 Å². The van der Waals surface area contributed by atoms with E-state index in [0.29, 0.717) is 12.1 Å². The van der Waals surface area contributed by atoms with E-state index >= 15 is 0 Å².